The summed E-state index contributed by atoms with van der Waals surface area (Å²) in [5.41, 5.74) is 1.89. The summed E-state index contributed by atoms with van der Waals surface area (Å²) in [5, 5.41) is 9.70. The van der Waals surface area contributed by atoms with Crippen LogP contribution in [-0.2, 0) is 4.79 Å². The molecular formula is C20H20N4O3S. The van der Waals surface area contributed by atoms with E-state index in [0.717, 1.165) is 28.3 Å². The first-order valence-corrected chi connectivity index (χ1v) is 9.94. The summed E-state index contributed by atoms with van der Waals surface area (Å²) in [6, 6.07) is 8.62. The number of amides is 2. The molecule has 0 spiro atoms. The summed E-state index contributed by atoms with van der Waals surface area (Å²) < 4.78 is 5.39. The molecule has 28 heavy (non-hydrogen) atoms. The van der Waals surface area contributed by atoms with E-state index in [2.05, 4.69) is 20.8 Å². The number of hydrogen-bond acceptors (Lipinski definition) is 6. The molecule has 0 saturated heterocycles. The number of aryl methyl sites for hydroxylation is 1. The molecule has 4 rings (SSSR count). The average molecular weight is 396 g/mol. The van der Waals surface area contributed by atoms with Crippen molar-refractivity contribution in [3.63, 3.8) is 0 Å². The monoisotopic (exact) mass is 396 g/mol. The van der Waals surface area contributed by atoms with E-state index in [0.29, 0.717) is 28.9 Å². The number of benzene rings is 1. The summed E-state index contributed by atoms with van der Waals surface area (Å²) in [6.45, 7) is 3.38. The van der Waals surface area contributed by atoms with Crippen LogP contribution in [0.3, 0.4) is 0 Å². The van der Waals surface area contributed by atoms with Crippen molar-refractivity contribution in [2.75, 3.05) is 10.6 Å². The van der Waals surface area contributed by atoms with Crippen LogP contribution < -0.4 is 10.6 Å². The maximum absolute atomic E-state index is 12.5. The number of carbonyl (C=O) groups excluding carboxylic acids is 2. The Morgan fingerprint density at radius 3 is 2.57 bits per heavy atom. The third-order valence-electron chi connectivity index (χ3n) is 4.75. The summed E-state index contributed by atoms with van der Waals surface area (Å²) in [5.74, 6) is 1.29. The second-order valence-corrected chi connectivity index (χ2v) is 8.13. The lowest BCUT2D eigenvalue weighted by atomic mass is 9.85. The predicted molar refractivity (Wildman–Crippen MR) is 108 cm³/mol. The first-order chi connectivity index (χ1) is 13.5. The van der Waals surface area contributed by atoms with Crippen LogP contribution in [0.25, 0.3) is 10.7 Å². The molecule has 1 aliphatic rings. The lowest BCUT2D eigenvalue weighted by molar-refractivity contribution is -0.114. The Balaban J connectivity index is 1.47. The highest BCUT2D eigenvalue weighted by Gasteiger charge is 2.26. The highest BCUT2D eigenvalue weighted by molar-refractivity contribution is 7.16. The van der Waals surface area contributed by atoms with Crippen molar-refractivity contribution in [1.82, 2.24) is 10.1 Å². The molecule has 0 radical (unpaired) electrons. The number of rotatable bonds is 5. The van der Waals surface area contributed by atoms with Crippen LogP contribution in [0.5, 0.6) is 0 Å². The Morgan fingerprint density at radius 2 is 1.93 bits per heavy atom. The molecule has 2 aromatic heterocycles. The third-order valence-corrected chi connectivity index (χ3v) is 5.80. The number of carbonyl (C=O) groups is 2. The summed E-state index contributed by atoms with van der Waals surface area (Å²) >= 11 is 1.52. The quantitative estimate of drug-likeness (QED) is 0.658. The summed E-state index contributed by atoms with van der Waals surface area (Å²) in [7, 11) is 0. The van der Waals surface area contributed by atoms with E-state index >= 15 is 0 Å². The number of nitrogens with one attached hydrogen (secondary N) is 2. The Morgan fingerprint density at radius 1 is 1.18 bits per heavy atom. The smallest absolute Gasteiger partial charge is 0.255 e. The van der Waals surface area contributed by atoms with Crippen LogP contribution in [0.2, 0.25) is 0 Å². The van der Waals surface area contributed by atoms with Gasteiger partial charge in [-0.2, -0.15) is 4.98 Å². The maximum Gasteiger partial charge on any atom is 0.255 e. The molecule has 1 saturated carbocycles. The lowest BCUT2D eigenvalue weighted by Crippen LogP contribution is -2.12. The molecule has 0 atom stereocenters. The van der Waals surface area contributed by atoms with E-state index in [1.54, 1.807) is 24.3 Å². The topological polar surface area (TPSA) is 97.1 Å². The van der Waals surface area contributed by atoms with Crippen molar-refractivity contribution in [3.05, 3.63) is 46.7 Å². The number of anilines is 2. The molecule has 144 valence electrons. The van der Waals surface area contributed by atoms with Crippen molar-refractivity contribution in [2.45, 2.75) is 39.0 Å². The molecule has 1 fully saturated rings. The van der Waals surface area contributed by atoms with Gasteiger partial charge in [0.15, 0.2) is 0 Å². The van der Waals surface area contributed by atoms with Crippen LogP contribution in [0, 0.1) is 6.92 Å². The number of nitrogens with zero attached hydrogens (tertiary/aromatic N) is 2. The summed E-state index contributed by atoms with van der Waals surface area (Å²) in [4.78, 5) is 30.0. The minimum Gasteiger partial charge on any atom is -0.339 e. The minimum absolute atomic E-state index is 0.152. The Bertz CT molecular complexity index is 1020. The van der Waals surface area contributed by atoms with Gasteiger partial charge in [0, 0.05) is 29.0 Å². The predicted octanol–water partition coefficient (Wildman–Crippen LogP) is 4.58. The molecule has 0 bridgehead atoms. The van der Waals surface area contributed by atoms with E-state index < -0.39 is 0 Å². The second-order valence-electron chi connectivity index (χ2n) is 6.88. The zero-order valence-corrected chi connectivity index (χ0v) is 16.4. The molecule has 2 heterocycles. The fourth-order valence-corrected chi connectivity index (χ4v) is 3.88. The van der Waals surface area contributed by atoms with Gasteiger partial charge in [-0.15, -0.1) is 11.3 Å². The fraction of sp³-hybridized carbons (Fsp3) is 0.300. The Labute approximate surface area is 166 Å². The van der Waals surface area contributed by atoms with Crippen molar-refractivity contribution in [3.8, 4) is 10.7 Å². The van der Waals surface area contributed by atoms with Gasteiger partial charge < -0.3 is 15.2 Å². The molecule has 7 nitrogen and oxygen atoms in total. The van der Waals surface area contributed by atoms with Crippen LogP contribution in [0.1, 0.15) is 53.2 Å². The minimum atomic E-state index is -0.218. The molecule has 0 aliphatic heterocycles. The summed E-state index contributed by atoms with van der Waals surface area (Å²) in [6.07, 6.45) is 3.42. The van der Waals surface area contributed by atoms with Crippen LogP contribution in [0.15, 0.2) is 34.9 Å². The highest BCUT2D eigenvalue weighted by atomic mass is 32.1. The Hall–Kier alpha value is -3.00. The molecule has 2 amide bonds. The SMILES string of the molecule is CC(=O)Nc1ccc(C(=O)Nc2cc(-c3noc(C4CCC4)n3)sc2C)cc1. The van der Waals surface area contributed by atoms with E-state index in [1.807, 2.05) is 13.0 Å². The van der Waals surface area contributed by atoms with E-state index in [9.17, 15) is 9.59 Å². The van der Waals surface area contributed by atoms with Crippen molar-refractivity contribution in [1.29, 1.82) is 0 Å². The maximum atomic E-state index is 12.5. The Kier molecular flexibility index (Phi) is 4.95. The number of hydrogen-bond donors (Lipinski definition) is 2. The van der Waals surface area contributed by atoms with Gasteiger partial charge >= 0.3 is 0 Å². The largest absolute Gasteiger partial charge is 0.339 e. The standard InChI is InChI=1S/C20H20N4O3S/c1-11-16(22-19(26)13-6-8-15(9-7-13)21-12(2)25)10-17(28-11)18-23-20(27-24-18)14-4-3-5-14/h6-10,14H,3-5H2,1-2H3,(H,21,25)(H,22,26). The molecule has 3 aromatic rings. The molecule has 1 aliphatic carbocycles. The first-order valence-electron chi connectivity index (χ1n) is 9.13. The van der Waals surface area contributed by atoms with Gasteiger partial charge in [0.05, 0.1) is 10.6 Å². The number of thiophene rings is 1. The zero-order chi connectivity index (χ0) is 19.7. The van der Waals surface area contributed by atoms with Crippen LogP contribution in [0.4, 0.5) is 11.4 Å². The third kappa shape index (κ3) is 3.82. The molecule has 8 heteroatoms. The van der Waals surface area contributed by atoms with E-state index in [1.165, 1.54) is 24.7 Å². The van der Waals surface area contributed by atoms with Gasteiger partial charge in [-0.25, -0.2) is 0 Å². The molecular weight excluding hydrogens is 376 g/mol. The van der Waals surface area contributed by atoms with Gasteiger partial charge in [-0.1, -0.05) is 11.6 Å². The van der Waals surface area contributed by atoms with E-state index in [4.69, 9.17) is 4.52 Å². The molecule has 0 unspecified atom stereocenters. The van der Waals surface area contributed by atoms with E-state index in [-0.39, 0.29) is 11.8 Å². The van der Waals surface area contributed by atoms with Gasteiger partial charge in [-0.05, 0) is 50.1 Å². The van der Waals surface area contributed by atoms with Crippen molar-refractivity contribution in [2.24, 2.45) is 0 Å². The lowest BCUT2D eigenvalue weighted by Gasteiger charge is -2.20. The second kappa shape index (κ2) is 7.55. The fourth-order valence-electron chi connectivity index (χ4n) is 2.98. The van der Waals surface area contributed by atoms with Crippen molar-refractivity contribution >= 4 is 34.5 Å². The average Bonchev–Trinajstić information content (AvgIpc) is 3.21. The molecule has 2 N–H and O–H groups in total. The highest BCUT2D eigenvalue weighted by Crippen LogP contribution is 2.38. The van der Waals surface area contributed by atoms with Gasteiger partial charge in [0.1, 0.15) is 0 Å². The normalized spacial score (nSPS) is 13.8. The van der Waals surface area contributed by atoms with Crippen molar-refractivity contribution < 1.29 is 14.1 Å². The van der Waals surface area contributed by atoms with Gasteiger partial charge in [0.25, 0.3) is 5.91 Å². The van der Waals surface area contributed by atoms with Crippen LogP contribution >= 0.6 is 11.3 Å². The molecule has 1 aromatic carbocycles. The zero-order valence-electron chi connectivity index (χ0n) is 15.6. The van der Waals surface area contributed by atoms with Gasteiger partial charge in [0.2, 0.25) is 17.6 Å². The first kappa shape index (κ1) is 18.4. The van der Waals surface area contributed by atoms with Gasteiger partial charge in [-0.3, -0.25) is 9.59 Å². The van der Waals surface area contributed by atoms with Crippen LogP contribution in [-0.4, -0.2) is 22.0 Å². The number of aromatic nitrogens is 2.